The topological polar surface area (TPSA) is 84.6 Å². The molecule has 3 aromatic heterocycles. The highest BCUT2D eigenvalue weighted by atomic mass is 35.5. The maximum absolute atomic E-state index is 12.0. The van der Waals surface area contributed by atoms with Crippen LogP contribution in [-0.4, -0.2) is 34.3 Å². The summed E-state index contributed by atoms with van der Waals surface area (Å²) in [5.41, 5.74) is 5.52. The number of nitrogens with zero attached hydrogens (tertiary/aromatic N) is 3. The van der Waals surface area contributed by atoms with Crippen LogP contribution >= 0.6 is 23.8 Å². The number of nitrogens with one attached hydrogen (secondary N) is 2. The van der Waals surface area contributed by atoms with Crippen LogP contribution in [0.25, 0.3) is 0 Å². The minimum Gasteiger partial charge on any atom is -0.467 e. The van der Waals surface area contributed by atoms with Crippen molar-refractivity contribution in [3.8, 4) is 0 Å². The van der Waals surface area contributed by atoms with E-state index in [9.17, 15) is 4.79 Å². The van der Waals surface area contributed by atoms with Gasteiger partial charge in [-0.3, -0.25) is 9.78 Å². The number of hydrogen-bond acceptors (Lipinski definition) is 5. The number of pyridine rings is 1. The number of methoxy groups -OCH3 is 1. The van der Waals surface area contributed by atoms with Crippen LogP contribution in [-0.2, 0) is 16.1 Å². The van der Waals surface area contributed by atoms with Gasteiger partial charge in [0.15, 0.2) is 5.11 Å². The Kier molecular flexibility index (Phi) is 7.51. The molecule has 196 valence electrons. The lowest BCUT2D eigenvalue weighted by Gasteiger charge is -2.28. The van der Waals surface area contributed by atoms with Gasteiger partial charge in [-0.15, -0.1) is 0 Å². The highest BCUT2D eigenvalue weighted by Gasteiger charge is 2.42. The molecule has 1 saturated heterocycles. The fraction of sp³-hybridized carbons (Fsp3) is 0.250. The Hall–Kier alpha value is -3.66. The number of aryl methyl sites for hydroxylation is 1. The van der Waals surface area contributed by atoms with E-state index >= 15 is 0 Å². The van der Waals surface area contributed by atoms with Gasteiger partial charge in [0.05, 0.1) is 41.3 Å². The van der Waals surface area contributed by atoms with E-state index in [-0.39, 0.29) is 24.6 Å². The van der Waals surface area contributed by atoms with Crippen molar-refractivity contribution in [2.45, 2.75) is 32.5 Å². The second-order valence-corrected chi connectivity index (χ2v) is 9.93. The van der Waals surface area contributed by atoms with Gasteiger partial charge in [-0.1, -0.05) is 17.7 Å². The molecular weight excluding hydrogens is 522 g/mol. The summed E-state index contributed by atoms with van der Waals surface area (Å²) in [7, 11) is 1.47. The Balaban J connectivity index is 1.56. The molecule has 0 spiro atoms. The summed E-state index contributed by atoms with van der Waals surface area (Å²) >= 11 is 12.5. The van der Waals surface area contributed by atoms with Crippen LogP contribution in [0.4, 0.5) is 11.4 Å². The Morgan fingerprint density at radius 1 is 1.21 bits per heavy atom. The molecule has 1 aliphatic rings. The molecule has 38 heavy (non-hydrogen) atoms. The molecule has 2 atom stereocenters. The van der Waals surface area contributed by atoms with Crippen LogP contribution in [0.3, 0.4) is 0 Å². The van der Waals surface area contributed by atoms with Gasteiger partial charge in [-0.25, -0.2) is 0 Å². The van der Waals surface area contributed by atoms with E-state index in [1.54, 1.807) is 18.5 Å². The Labute approximate surface area is 231 Å². The van der Waals surface area contributed by atoms with E-state index < -0.39 is 0 Å². The minimum atomic E-state index is -0.280. The maximum atomic E-state index is 12.0. The molecule has 4 heterocycles. The zero-order valence-electron chi connectivity index (χ0n) is 21.3. The van der Waals surface area contributed by atoms with Gasteiger partial charge in [0.1, 0.15) is 12.4 Å². The third-order valence-corrected chi connectivity index (χ3v) is 7.33. The van der Waals surface area contributed by atoms with Crippen molar-refractivity contribution in [1.82, 2.24) is 14.9 Å². The fourth-order valence-corrected chi connectivity index (χ4v) is 5.52. The van der Waals surface area contributed by atoms with E-state index in [0.717, 1.165) is 34.1 Å². The van der Waals surface area contributed by atoms with Crippen LogP contribution in [0.5, 0.6) is 0 Å². The van der Waals surface area contributed by atoms with Crippen molar-refractivity contribution in [1.29, 1.82) is 0 Å². The molecule has 4 aromatic rings. The SMILES string of the molecule is COCC(=O)Nc1ccc(N2C(=S)N[C@@H](c3ccccn3)[C@@H]2c2cc(C)n(Cc3ccco3)c2C)cc1Cl. The number of thiocarbonyl (C=S) groups is 1. The maximum Gasteiger partial charge on any atom is 0.250 e. The predicted molar refractivity (Wildman–Crippen MR) is 152 cm³/mol. The average molecular weight is 550 g/mol. The van der Waals surface area contributed by atoms with E-state index in [1.165, 1.54) is 7.11 Å². The fourth-order valence-electron chi connectivity index (χ4n) is 4.95. The summed E-state index contributed by atoms with van der Waals surface area (Å²) in [5, 5.41) is 7.23. The molecule has 0 radical (unpaired) electrons. The Bertz CT molecular complexity index is 1450. The molecule has 0 aliphatic carbocycles. The second kappa shape index (κ2) is 11.0. The monoisotopic (exact) mass is 549 g/mol. The third-order valence-electron chi connectivity index (χ3n) is 6.70. The second-order valence-electron chi connectivity index (χ2n) is 9.13. The Morgan fingerprint density at radius 2 is 2.05 bits per heavy atom. The molecule has 1 fully saturated rings. The van der Waals surface area contributed by atoms with E-state index in [0.29, 0.717) is 22.4 Å². The largest absolute Gasteiger partial charge is 0.467 e. The molecule has 1 aliphatic heterocycles. The summed E-state index contributed by atoms with van der Waals surface area (Å²) in [4.78, 5) is 18.7. The van der Waals surface area contributed by atoms with Crippen LogP contribution in [0.2, 0.25) is 5.02 Å². The zero-order chi connectivity index (χ0) is 26.8. The smallest absolute Gasteiger partial charge is 0.250 e. The first-order valence-corrected chi connectivity index (χ1v) is 12.9. The molecule has 0 bridgehead atoms. The van der Waals surface area contributed by atoms with Gasteiger partial charge < -0.3 is 29.3 Å². The number of aromatic nitrogens is 2. The number of anilines is 2. The van der Waals surface area contributed by atoms with Crippen molar-refractivity contribution in [3.63, 3.8) is 0 Å². The van der Waals surface area contributed by atoms with Crippen molar-refractivity contribution in [2.75, 3.05) is 23.9 Å². The lowest BCUT2D eigenvalue weighted by molar-refractivity contribution is -0.119. The number of rotatable bonds is 8. The molecule has 8 nitrogen and oxygen atoms in total. The number of furan rings is 1. The Morgan fingerprint density at radius 3 is 2.74 bits per heavy atom. The lowest BCUT2D eigenvalue weighted by Crippen LogP contribution is -2.29. The number of amides is 1. The number of benzene rings is 1. The summed E-state index contributed by atoms with van der Waals surface area (Å²) in [6.07, 6.45) is 3.47. The first kappa shape index (κ1) is 26.0. The van der Waals surface area contributed by atoms with E-state index in [2.05, 4.69) is 45.0 Å². The highest BCUT2D eigenvalue weighted by molar-refractivity contribution is 7.80. The third kappa shape index (κ3) is 5.05. The molecule has 2 N–H and O–H groups in total. The lowest BCUT2D eigenvalue weighted by atomic mass is 9.96. The standard InChI is InChI=1S/C28H28ClN5O3S/c1-17-13-21(18(2)33(17)15-20-7-6-12-37-20)27-26(24-8-4-5-11-30-24)32-28(38)34(27)19-9-10-23(22(29)14-19)31-25(35)16-36-3/h4-14,26-27H,15-16H2,1-3H3,(H,31,35)(H,32,38)/t26-,27-/m0/s1. The van der Waals surface area contributed by atoms with Crippen LogP contribution in [0.1, 0.15) is 40.5 Å². The zero-order valence-corrected chi connectivity index (χ0v) is 22.8. The average Bonchev–Trinajstić information content (AvgIpc) is 3.61. The van der Waals surface area contributed by atoms with Gasteiger partial charge in [-0.05, 0) is 80.2 Å². The number of ether oxygens (including phenoxy) is 1. The van der Waals surface area contributed by atoms with Crippen LogP contribution in [0.15, 0.2) is 71.5 Å². The minimum absolute atomic E-state index is 0.0559. The molecule has 5 rings (SSSR count). The van der Waals surface area contributed by atoms with Gasteiger partial charge in [0, 0.05) is 30.4 Å². The van der Waals surface area contributed by atoms with Crippen LogP contribution < -0.4 is 15.5 Å². The van der Waals surface area contributed by atoms with Crippen molar-refractivity contribution in [2.24, 2.45) is 0 Å². The molecule has 10 heteroatoms. The van der Waals surface area contributed by atoms with Gasteiger partial charge in [-0.2, -0.15) is 0 Å². The predicted octanol–water partition coefficient (Wildman–Crippen LogP) is 5.56. The normalized spacial score (nSPS) is 17.1. The summed E-state index contributed by atoms with van der Waals surface area (Å²) in [5.74, 6) is 0.604. The first-order valence-electron chi connectivity index (χ1n) is 12.2. The first-order chi connectivity index (χ1) is 18.4. The summed E-state index contributed by atoms with van der Waals surface area (Å²) in [6.45, 7) is 4.78. The molecule has 1 aromatic carbocycles. The molecular formula is C28H28ClN5O3S. The van der Waals surface area contributed by atoms with Gasteiger partial charge >= 0.3 is 0 Å². The summed E-state index contributed by atoms with van der Waals surface area (Å²) < 4.78 is 12.8. The van der Waals surface area contributed by atoms with E-state index in [1.807, 2.05) is 42.5 Å². The number of hydrogen-bond donors (Lipinski definition) is 2. The van der Waals surface area contributed by atoms with Crippen molar-refractivity contribution in [3.05, 3.63) is 100 Å². The summed E-state index contributed by atoms with van der Waals surface area (Å²) in [6, 6.07) is 17.0. The number of halogens is 1. The number of carbonyl (C=O) groups excluding carboxylic acids is 1. The van der Waals surface area contributed by atoms with Gasteiger partial charge in [0.2, 0.25) is 5.91 Å². The number of carbonyl (C=O) groups is 1. The van der Waals surface area contributed by atoms with Gasteiger partial charge in [0.25, 0.3) is 0 Å². The van der Waals surface area contributed by atoms with Crippen molar-refractivity contribution < 1.29 is 13.9 Å². The van der Waals surface area contributed by atoms with Crippen LogP contribution in [0, 0.1) is 13.8 Å². The quantitative estimate of drug-likeness (QED) is 0.278. The van der Waals surface area contributed by atoms with E-state index in [4.69, 9.17) is 33.0 Å². The molecule has 1 amide bonds. The molecule has 0 saturated carbocycles. The molecule has 0 unspecified atom stereocenters. The highest BCUT2D eigenvalue weighted by Crippen LogP contribution is 2.44. The van der Waals surface area contributed by atoms with Crippen molar-refractivity contribution >= 4 is 46.2 Å².